The summed E-state index contributed by atoms with van der Waals surface area (Å²) in [6.07, 6.45) is 2.36. The topological polar surface area (TPSA) is 300 Å². The second-order valence-electron chi connectivity index (χ2n) is 12.2. The summed E-state index contributed by atoms with van der Waals surface area (Å²) in [5.41, 5.74) is 5.73. The molecule has 0 radical (unpaired) electrons. The molecule has 6 aromatic rings. The van der Waals surface area contributed by atoms with Gasteiger partial charge >= 0.3 is 0 Å². The highest BCUT2D eigenvalue weighted by atomic mass is 32.2. The number of nitrogen functional groups attached to an aromatic ring is 1. The van der Waals surface area contributed by atoms with E-state index in [-0.39, 0.29) is 50.4 Å². The number of benzene rings is 6. The normalized spacial score (nSPS) is 12.6. The van der Waals surface area contributed by atoms with E-state index in [1.807, 2.05) is 30.3 Å². The van der Waals surface area contributed by atoms with Crippen molar-refractivity contribution in [2.75, 3.05) is 18.2 Å². The number of aromatic hydroxyl groups is 2. The predicted octanol–water partition coefficient (Wildman–Crippen LogP) is 8.33. The fraction of sp³-hybridized carbons (Fsp3) is 0.0270. The lowest BCUT2D eigenvalue weighted by atomic mass is 10.1. The van der Waals surface area contributed by atoms with Crippen LogP contribution in [0.15, 0.2) is 138 Å². The first-order valence-corrected chi connectivity index (χ1v) is 20.6. The quantitative estimate of drug-likeness (QED) is 0.0264. The van der Waals surface area contributed by atoms with Crippen LogP contribution in [0.4, 0.5) is 39.8 Å². The number of phenolic OH excluding ortho intramolecular Hbond substituents is 2. The van der Waals surface area contributed by atoms with Crippen molar-refractivity contribution >= 4 is 93.1 Å². The van der Waals surface area contributed by atoms with Crippen LogP contribution < -0.4 is 15.8 Å². The molecule has 18 nitrogen and oxygen atoms in total. The lowest BCUT2D eigenvalue weighted by Gasteiger charge is -2.12. The number of hydrogen-bond acceptors (Lipinski definition) is 15. The van der Waals surface area contributed by atoms with Gasteiger partial charge in [0, 0.05) is 34.6 Å². The number of phenols is 2. The highest BCUT2D eigenvalue weighted by Gasteiger charge is 2.23. The predicted molar refractivity (Wildman–Crippen MR) is 214 cm³/mol. The zero-order chi connectivity index (χ0) is 42.0. The number of para-hydroxylation sites is 1. The van der Waals surface area contributed by atoms with Crippen LogP contribution in [0.25, 0.3) is 22.9 Å². The average molecular weight is 847 g/mol. The van der Waals surface area contributed by atoms with E-state index in [4.69, 9.17) is 10.5 Å². The van der Waals surface area contributed by atoms with Crippen molar-refractivity contribution in [1.29, 1.82) is 0 Å². The molecule has 8 N–H and O–H groups in total. The van der Waals surface area contributed by atoms with Crippen molar-refractivity contribution in [2.45, 2.75) is 14.7 Å². The van der Waals surface area contributed by atoms with Gasteiger partial charge in [0.2, 0.25) is 0 Å². The molecule has 0 heterocycles. The van der Waals surface area contributed by atoms with Crippen LogP contribution >= 0.6 is 0 Å². The van der Waals surface area contributed by atoms with Crippen LogP contribution in [0, 0.1) is 0 Å². The van der Waals surface area contributed by atoms with Gasteiger partial charge in [-0.25, -0.2) is 0 Å². The summed E-state index contributed by atoms with van der Waals surface area (Å²) >= 11 is 0. The Kier molecular flexibility index (Phi) is 11.3. The Labute approximate surface area is 330 Å². The number of azo groups is 2. The second-order valence-corrected chi connectivity index (χ2v) is 16.4. The maximum atomic E-state index is 12.4. The van der Waals surface area contributed by atoms with Gasteiger partial charge < -0.3 is 26.0 Å². The van der Waals surface area contributed by atoms with Crippen molar-refractivity contribution in [1.82, 2.24) is 0 Å². The minimum absolute atomic E-state index is 0.0319. The lowest BCUT2D eigenvalue weighted by Crippen LogP contribution is -2.02. The van der Waals surface area contributed by atoms with Crippen LogP contribution in [0.2, 0.25) is 0 Å². The second kappa shape index (κ2) is 16.0. The smallest absolute Gasteiger partial charge is 0.296 e. The molecule has 0 fully saturated rings. The van der Waals surface area contributed by atoms with E-state index in [1.54, 1.807) is 12.1 Å². The number of rotatable bonds is 12. The number of anilines is 3. The molecule has 0 spiro atoms. The van der Waals surface area contributed by atoms with Gasteiger partial charge in [-0.1, -0.05) is 42.5 Å². The number of hydrogen-bond donors (Lipinski definition) is 7. The van der Waals surface area contributed by atoms with Gasteiger partial charge in [0.05, 0.1) is 12.8 Å². The van der Waals surface area contributed by atoms with Crippen LogP contribution in [-0.4, -0.2) is 56.2 Å². The van der Waals surface area contributed by atoms with Gasteiger partial charge in [-0.2, -0.15) is 30.4 Å². The Morgan fingerprint density at radius 1 is 0.621 bits per heavy atom. The van der Waals surface area contributed by atoms with E-state index in [1.165, 1.54) is 49.6 Å². The number of fused-ring (bicyclic) bond motifs is 1. The molecule has 0 aliphatic heterocycles. The van der Waals surface area contributed by atoms with Gasteiger partial charge in [0.25, 0.3) is 30.4 Å². The number of nitrogens with two attached hydrogens (primary N) is 1. The third kappa shape index (κ3) is 9.26. The van der Waals surface area contributed by atoms with Crippen molar-refractivity contribution < 1.29 is 53.9 Å². The monoisotopic (exact) mass is 846 g/mol. The Bertz CT molecular complexity index is 3030. The number of ether oxygens (including phenoxy) is 1. The summed E-state index contributed by atoms with van der Waals surface area (Å²) in [5.74, 6) is -1.26. The van der Waals surface area contributed by atoms with Gasteiger partial charge in [0.15, 0.2) is 5.75 Å². The summed E-state index contributed by atoms with van der Waals surface area (Å²) in [5, 5.41) is 41.2. The Morgan fingerprint density at radius 2 is 1.24 bits per heavy atom. The molecule has 21 heteroatoms. The van der Waals surface area contributed by atoms with Gasteiger partial charge in [-0.3, -0.25) is 13.7 Å². The molecule has 6 aromatic carbocycles. The Balaban J connectivity index is 1.30. The van der Waals surface area contributed by atoms with Crippen molar-refractivity contribution in [3.05, 3.63) is 114 Å². The minimum atomic E-state index is -4.97. The molecular weight excluding hydrogens is 817 g/mol. The first-order chi connectivity index (χ1) is 27.3. The number of nitrogens with one attached hydrogen (secondary N) is 1. The molecule has 58 heavy (non-hydrogen) atoms. The average Bonchev–Trinajstić information content (AvgIpc) is 3.16. The van der Waals surface area contributed by atoms with Gasteiger partial charge in [-0.05, 0) is 77.2 Å². The summed E-state index contributed by atoms with van der Waals surface area (Å²) < 4.78 is 108. The largest absolute Gasteiger partial charge is 0.506 e. The van der Waals surface area contributed by atoms with E-state index < -0.39 is 62.2 Å². The molecule has 0 aromatic heterocycles. The van der Waals surface area contributed by atoms with Crippen molar-refractivity contribution in [2.24, 2.45) is 20.5 Å². The Morgan fingerprint density at radius 3 is 1.88 bits per heavy atom. The summed E-state index contributed by atoms with van der Waals surface area (Å²) in [6.45, 7) is 0. The van der Waals surface area contributed by atoms with Crippen LogP contribution in [0.5, 0.6) is 17.2 Å². The first kappa shape index (κ1) is 40.9. The van der Waals surface area contributed by atoms with Crippen LogP contribution in [0.3, 0.4) is 0 Å². The van der Waals surface area contributed by atoms with E-state index in [0.29, 0.717) is 5.69 Å². The van der Waals surface area contributed by atoms with E-state index >= 15 is 0 Å². The molecule has 0 aliphatic carbocycles. The fourth-order valence-electron chi connectivity index (χ4n) is 5.53. The van der Waals surface area contributed by atoms with Crippen LogP contribution in [-0.2, 0) is 30.4 Å². The summed E-state index contributed by atoms with van der Waals surface area (Å²) in [7, 11) is -13.3. The van der Waals surface area contributed by atoms with E-state index in [2.05, 4.69) is 25.8 Å². The Hall–Kier alpha value is -6.75. The van der Waals surface area contributed by atoms with Crippen molar-refractivity contribution in [3.8, 4) is 17.2 Å². The molecule has 6 rings (SSSR count). The highest BCUT2D eigenvalue weighted by Crippen LogP contribution is 2.45. The SMILES string of the molecule is COc1cc(N=Nc2c(S(=O)(=O)O)cc3cc(Nc4ccccc4)ccc3c2O)c(O)cc1N=Nc1ccc(/C=C\c2ccc(N)cc2S(=O)(=O)O)c(S(=O)(=O)O)c1. The molecule has 0 aliphatic rings. The molecule has 0 saturated heterocycles. The molecular formula is C37H30N6O12S3. The van der Waals surface area contributed by atoms with E-state index in [0.717, 1.165) is 36.0 Å². The van der Waals surface area contributed by atoms with Crippen molar-refractivity contribution in [3.63, 3.8) is 0 Å². The van der Waals surface area contributed by atoms with Gasteiger partial charge in [0.1, 0.15) is 43.2 Å². The molecule has 0 amide bonds. The van der Waals surface area contributed by atoms with E-state index in [9.17, 15) is 49.1 Å². The third-order valence-corrected chi connectivity index (χ3v) is 10.9. The highest BCUT2D eigenvalue weighted by molar-refractivity contribution is 7.86. The zero-order valence-electron chi connectivity index (χ0n) is 29.7. The van der Waals surface area contributed by atoms with Crippen LogP contribution in [0.1, 0.15) is 11.1 Å². The molecule has 0 unspecified atom stereocenters. The molecule has 298 valence electrons. The molecule has 0 atom stereocenters. The molecule has 0 bridgehead atoms. The first-order valence-electron chi connectivity index (χ1n) is 16.3. The summed E-state index contributed by atoms with van der Waals surface area (Å²) in [4.78, 5) is -1.94. The maximum Gasteiger partial charge on any atom is 0.296 e. The third-order valence-electron chi connectivity index (χ3n) is 8.23. The summed E-state index contributed by atoms with van der Waals surface area (Å²) in [6, 6.07) is 24.3. The number of nitrogens with zero attached hydrogens (tertiary/aromatic N) is 4. The lowest BCUT2D eigenvalue weighted by molar-refractivity contribution is 0.413. The number of methoxy groups -OCH3 is 1. The molecule has 0 saturated carbocycles. The van der Waals surface area contributed by atoms with Gasteiger partial charge in [-0.15, -0.1) is 15.3 Å². The standard InChI is InChI=1S/C37H30N6O12S3/c1-55-32-20-29(41-43-36-35(58(52,53)54)16-23-15-26(13-14-28(23)37(36)45)39-25-5-3-2-4-6-25)31(44)19-30(32)42-40-27-12-10-22(34(18-27)57(49,50)51)8-7-21-9-11-24(38)17-33(21)56(46,47)48/h2-20,39,44-45H,38H2,1H3,(H,46,47,48)(H,49,50,51)(H,52,53,54)/b8-7-,42-40?,43-41?. The fourth-order valence-corrected chi connectivity index (χ4v) is 7.61. The minimum Gasteiger partial charge on any atom is -0.506 e. The maximum absolute atomic E-state index is 12.4. The zero-order valence-corrected chi connectivity index (χ0v) is 32.1.